The molecule has 0 aromatic heterocycles. The van der Waals surface area contributed by atoms with E-state index >= 15 is 0 Å². The van der Waals surface area contributed by atoms with Crippen molar-refractivity contribution in [3.63, 3.8) is 0 Å². The first kappa shape index (κ1) is 18.0. The molecule has 0 saturated heterocycles. The van der Waals surface area contributed by atoms with Gasteiger partial charge in [-0.25, -0.2) is 0 Å². The number of carbonyl (C=O) groups excluding carboxylic acids is 1. The molecule has 1 unspecified atom stereocenters. The Balaban J connectivity index is 1.62. The molecule has 7 atom stereocenters. The number of carbonyl (C=O) groups is 2. The molecule has 2 N–H and O–H groups in total. The zero-order valence-electron chi connectivity index (χ0n) is 15.8. The van der Waals surface area contributed by atoms with Gasteiger partial charge in [0.25, 0.3) is 0 Å². The Morgan fingerprint density at radius 1 is 1.23 bits per heavy atom. The van der Waals surface area contributed by atoms with E-state index in [2.05, 4.69) is 26.0 Å². The van der Waals surface area contributed by atoms with Gasteiger partial charge in [0.15, 0.2) is 5.78 Å². The molecule has 0 aliphatic heterocycles. The monoisotopic (exact) mass is 358 g/mol. The van der Waals surface area contributed by atoms with Gasteiger partial charge in [0.2, 0.25) is 0 Å². The lowest BCUT2D eigenvalue weighted by atomic mass is 9.48. The van der Waals surface area contributed by atoms with Crippen LogP contribution in [0.3, 0.4) is 0 Å². The van der Waals surface area contributed by atoms with Crippen LogP contribution in [-0.2, 0) is 9.59 Å². The van der Waals surface area contributed by atoms with Crippen LogP contribution in [0.25, 0.3) is 0 Å². The third-order valence-corrected chi connectivity index (χ3v) is 8.46. The number of aliphatic carboxylic acids is 1. The summed E-state index contributed by atoms with van der Waals surface area (Å²) >= 11 is 0. The normalized spacial score (nSPS) is 47.0. The van der Waals surface area contributed by atoms with E-state index < -0.39 is 12.1 Å². The average molecular weight is 358 g/mol. The molecule has 2 fully saturated rings. The van der Waals surface area contributed by atoms with Crippen molar-refractivity contribution in [1.29, 1.82) is 0 Å². The van der Waals surface area contributed by atoms with Gasteiger partial charge in [-0.3, -0.25) is 9.59 Å². The molecule has 0 amide bonds. The van der Waals surface area contributed by atoms with Crippen LogP contribution < -0.4 is 0 Å². The van der Waals surface area contributed by atoms with Crippen LogP contribution in [0.4, 0.5) is 0 Å². The SMILES string of the molecule is C[C@]12CC[C@H]3[C@@H](C=CC4=CC(=O)C(O)C[C@@]43C)[C@@H]1CC[C@@H]2CCC(=O)O. The molecule has 26 heavy (non-hydrogen) atoms. The van der Waals surface area contributed by atoms with Gasteiger partial charge in [-0.15, -0.1) is 0 Å². The Morgan fingerprint density at radius 3 is 2.73 bits per heavy atom. The lowest BCUT2D eigenvalue weighted by molar-refractivity contribution is -0.137. The van der Waals surface area contributed by atoms with Gasteiger partial charge in [0, 0.05) is 6.42 Å². The number of rotatable bonds is 3. The van der Waals surface area contributed by atoms with Crippen molar-refractivity contribution in [3.05, 3.63) is 23.8 Å². The summed E-state index contributed by atoms with van der Waals surface area (Å²) in [6.45, 7) is 4.61. The summed E-state index contributed by atoms with van der Waals surface area (Å²) in [7, 11) is 0. The lowest BCUT2D eigenvalue weighted by Gasteiger charge is -2.56. The fourth-order valence-corrected chi connectivity index (χ4v) is 6.94. The largest absolute Gasteiger partial charge is 0.481 e. The van der Waals surface area contributed by atoms with Gasteiger partial charge >= 0.3 is 5.97 Å². The van der Waals surface area contributed by atoms with E-state index in [1.54, 1.807) is 6.08 Å². The molecule has 4 nitrogen and oxygen atoms in total. The molecular weight excluding hydrogens is 328 g/mol. The Hall–Kier alpha value is -1.42. The zero-order chi connectivity index (χ0) is 18.7. The number of aliphatic hydroxyl groups is 1. The van der Waals surface area contributed by atoms with E-state index in [0.717, 1.165) is 31.3 Å². The minimum absolute atomic E-state index is 0.118. The standard InChI is InChI=1S/C22H30O4/c1-21-10-9-17-15(16(21)7-4-13(21)5-8-20(25)26)6-3-14-11-18(23)19(24)12-22(14,17)2/h3,6,11,13,15-17,19,24H,4-5,7-10,12H2,1-2H3,(H,25,26)/t13-,15+,16+,17+,19?,21-,22+/m1/s1. The third kappa shape index (κ3) is 2.52. The van der Waals surface area contributed by atoms with Gasteiger partial charge in [0.1, 0.15) is 6.10 Å². The molecule has 0 aromatic rings. The predicted octanol–water partition coefficient (Wildman–Crippen LogP) is 3.75. The van der Waals surface area contributed by atoms with Crippen molar-refractivity contribution in [1.82, 2.24) is 0 Å². The van der Waals surface area contributed by atoms with Crippen molar-refractivity contribution in [2.75, 3.05) is 0 Å². The fourth-order valence-electron chi connectivity index (χ4n) is 6.94. The van der Waals surface area contributed by atoms with Crippen LogP contribution in [0.5, 0.6) is 0 Å². The van der Waals surface area contributed by atoms with Gasteiger partial charge < -0.3 is 10.2 Å². The molecule has 4 aliphatic carbocycles. The van der Waals surface area contributed by atoms with Crippen molar-refractivity contribution >= 4 is 11.8 Å². The van der Waals surface area contributed by atoms with Crippen LogP contribution in [0.1, 0.15) is 58.8 Å². The number of allylic oxidation sites excluding steroid dienone is 3. The first-order chi connectivity index (χ1) is 12.3. The van der Waals surface area contributed by atoms with Gasteiger partial charge in [-0.1, -0.05) is 26.0 Å². The summed E-state index contributed by atoms with van der Waals surface area (Å²) in [6.07, 6.45) is 11.4. The quantitative estimate of drug-likeness (QED) is 0.806. The van der Waals surface area contributed by atoms with Crippen LogP contribution >= 0.6 is 0 Å². The molecule has 2 saturated carbocycles. The lowest BCUT2D eigenvalue weighted by Crippen LogP contribution is -2.50. The molecule has 0 spiro atoms. The molecule has 4 heteroatoms. The van der Waals surface area contributed by atoms with Crippen molar-refractivity contribution < 1.29 is 19.8 Å². The summed E-state index contributed by atoms with van der Waals surface area (Å²) in [5, 5.41) is 19.3. The van der Waals surface area contributed by atoms with Crippen LogP contribution in [0.15, 0.2) is 23.8 Å². The second-order valence-electron chi connectivity index (χ2n) is 9.54. The number of carboxylic acids is 1. The molecule has 4 rings (SSSR count). The first-order valence-electron chi connectivity index (χ1n) is 10.1. The van der Waals surface area contributed by atoms with Crippen molar-refractivity contribution in [3.8, 4) is 0 Å². The molecule has 142 valence electrons. The molecule has 0 bridgehead atoms. The first-order valence-corrected chi connectivity index (χ1v) is 10.1. The second-order valence-corrected chi connectivity index (χ2v) is 9.54. The summed E-state index contributed by atoms with van der Waals surface area (Å²) in [5.41, 5.74) is 1.20. The molecule has 4 aliphatic rings. The Morgan fingerprint density at radius 2 is 2.00 bits per heavy atom. The maximum Gasteiger partial charge on any atom is 0.303 e. The van der Waals surface area contributed by atoms with E-state index in [4.69, 9.17) is 5.11 Å². The maximum atomic E-state index is 11.9. The van der Waals surface area contributed by atoms with Gasteiger partial charge in [-0.05, 0) is 84.7 Å². The van der Waals surface area contributed by atoms with Gasteiger partial charge in [-0.2, -0.15) is 0 Å². The maximum absolute atomic E-state index is 11.9. The third-order valence-electron chi connectivity index (χ3n) is 8.46. The summed E-state index contributed by atoms with van der Waals surface area (Å²) in [4.78, 5) is 23.0. The molecule has 0 aromatic carbocycles. The topological polar surface area (TPSA) is 74.6 Å². The number of hydrogen-bond acceptors (Lipinski definition) is 3. The van der Waals surface area contributed by atoms with Gasteiger partial charge in [0.05, 0.1) is 0 Å². The summed E-state index contributed by atoms with van der Waals surface area (Å²) in [5.74, 6) is 1.19. The minimum Gasteiger partial charge on any atom is -0.481 e. The summed E-state index contributed by atoms with van der Waals surface area (Å²) < 4.78 is 0. The number of ketones is 1. The molecular formula is C22H30O4. The molecule has 0 radical (unpaired) electrons. The van der Waals surface area contributed by atoms with Crippen LogP contribution in [0.2, 0.25) is 0 Å². The van der Waals surface area contributed by atoms with E-state index in [-0.39, 0.29) is 23.0 Å². The highest BCUT2D eigenvalue weighted by atomic mass is 16.4. The smallest absolute Gasteiger partial charge is 0.303 e. The highest BCUT2D eigenvalue weighted by Crippen LogP contribution is 2.65. The Labute approximate surface area is 155 Å². The minimum atomic E-state index is -0.865. The zero-order valence-corrected chi connectivity index (χ0v) is 15.8. The fraction of sp³-hybridized carbons (Fsp3) is 0.727. The number of aliphatic hydroxyl groups excluding tert-OH is 1. The van der Waals surface area contributed by atoms with Crippen molar-refractivity contribution in [2.45, 2.75) is 64.9 Å². The van der Waals surface area contributed by atoms with E-state index in [1.165, 1.54) is 6.42 Å². The number of carboxylic acid groups (broad SMARTS) is 1. The Kier molecular flexibility index (Phi) is 4.18. The average Bonchev–Trinajstić information content (AvgIpc) is 2.91. The Bertz CT molecular complexity index is 692. The van der Waals surface area contributed by atoms with Crippen LogP contribution in [0, 0.1) is 34.5 Å². The highest BCUT2D eigenvalue weighted by molar-refractivity contribution is 5.95. The number of fused-ring (bicyclic) bond motifs is 5. The van der Waals surface area contributed by atoms with Crippen molar-refractivity contribution in [2.24, 2.45) is 34.5 Å². The number of hydrogen-bond donors (Lipinski definition) is 2. The van der Waals surface area contributed by atoms with Crippen LogP contribution in [-0.4, -0.2) is 28.1 Å². The highest BCUT2D eigenvalue weighted by Gasteiger charge is 2.58. The van der Waals surface area contributed by atoms with E-state index in [9.17, 15) is 14.7 Å². The second kappa shape index (κ2) is 6.05. The summed E-state index contributed by atoms with van der Waals surface area (Å²) in [6, 6.07) is 0. The molecule has 0 heterocycles. The van der Waals surface area contributed by atoms with E-state index in [0.29, 0.717) is 30.1 Å². The van der Waals surface area contributed by atoms with E-state index in [1.807, 2.05) is 0 Å². The predicted molar refractivity (Wildman–Crippen MR) is 98.4 cm³/mol.